The first kappa shape index (κ1) is 30.9. The molecule has 1 atom stereocenters. The van der Waals surface area contributed by atoms with Gasteiger partial charge in [0.1, 0.15) is 17.6 Å². The lowest BCUT2D eigenvalue weighted by Crippen LogP contribution is -2.47. The van der Waals surface area contributed by atoms with E-state index in [1.54, 1.807) is 18.2 Å². The molecule has 2 aliphatic heterocycles. The van der Waals surface area contributed by atoms with Crippen LogP contribution in [0.25, 0.3) is 0 Å². The Morgan fingerprint density at radius 3 is 2.37 bits per heavy atom. The number of carbonyl (C=O) groups is 2. The molecule has 3 aromatic carbocycles. The summed E-state index contributed by atoms with van der Waals surface area (Å²) in [6, 6.07) is 20.3. The van der Waals surface area contributed by atoms with Crippen molar-refractivity contribution in [1.82, 2.24) is 14.7 Å². The SMILES string of the molecule is COc1ccc(N2C(=O)C(CC(=O)Nc3ccc(F)cc3)N(CCCN3CCN(Cc4ccccc4)CC3)C2=S)cc1Cl. The molecule has 2 saturated heterocycles. The topological polar surface area (TPSA) is 68.4 Å². The van der Waals surface area contributed by atoms with Crippen LogP contribution >= 0.6 is 23.8 Å². The molecular weight excluding hydrogens is 589 g/mol. The van der Waals surface area contributed by atoms with Gasteiger partial charge in [0.05, 0.1) is 24.2 Å². The van der Waals surface area contributed by atoms with Gasteiger partial charge in [0, 0.05) is 45.0 Å². The Morgan fingerprint density at radius 2 is 1.70 bits per heavy atom. The predicted octanol–water partition coefficient (Wildman–Crippen LogP) is 5.03. The maximum Gasteiger partial charge on any atom is 0.256 e. The van der Waals surface area contributed by atoms with E-state index >= 15 is 0 Å². The fourth-order valence-corrected chi connectivity index (χ4v) is 6.18. The average molecular weight is 624 g/mol. The number of amides is 2. The number of hydrogen-bond acceptors (Lipinski definition) is 6. The predicted molar refractivity (Wildman–Crippen MR) is 171 cm³/mol. The molecule has 0 spiro atoms. The molecule has 3 aromatic rings. The summed E-state index contributed by atoms with van der Waals surface area (Å²) in [6.07, 6.45) is 0.675. The Morgan fingerprint density at radius 1 is 1.00 bits per heavy atom. The maximum atomic E-state index is 13.8. The number of benzene rings is 3. The number of rotatable bonds is 11. The molecule has 2 fully saturated rings. The van der Waals surface area contributed by atoms with Crippen molar-refractivity contribution in [2.45, 2.75) is 25.4 Å². The van der Waals surface area contributed by atoms with Crippen molar-refractivity contribution in [2.75, 3.05) is 56.6 Å². The number of ether oxygens (including phenoxy) is 1. The van der Waals surface area contributed by atoms with Gasteiger partial charge in [-0.1, -0.05) is 41.9 Å². The van der Waals surface area contributed by atoms with Crippen LogP contribution in [0.2, 0.25) is 5.02 Å². The van der Waals surface area contributed by atoms with Crippen molar-refractivity contribution >= 4 is 52.1 Å². The molecule has 1 unspecified atom stereocenters. The van der Waals surface area contributed by atoms with Crippen molar-refractivity contribution in [3.05, 3.63) is 89.2 Å². The molecule has 226 valence electrons. The van der Waals surface area contributed by atoms with Crippen molar-refractivity contribution in [3.63, 3.8) is 0 Å². The van der Waals surface area contributed by atoms with Gasteiger partial charge in [-0.15, -0.1) is 0 Å². The highest BCUT2D eigenvalue weighted by atomic mass is 35.5. The van der Waals surface area contributed by atoms with Crippen molar-refractivity contribution in [3.8, 4) is 5.75 Å². The molecule has 5 rings (SSSR count). The lowest BCUT2D eigenvalue weighted by Gasteiger charge is -2.35. The number of carbonyl (C=O) groups excluding carboxylic acids is 2. The van der Waals surface area contributed by atoms with Crippen molar-refractivity contribution < 1.29 is 18.7 Å². The maximum absolute atomic E-state index is 13.8. The molecule has 0 bridgehead atoms. The smallest absolute Gasteiger partial charge is 0.256 e. The van der Waals surface area contributed by atoms with E-state index in [-0.39, 0.29) is 18.2 Å². The number of methoxy groups -OCH3 is 1. The third-order valence-electron chi connectivity index (χ3n) is 7.81. The molecule has 2 heterocycles. The zero-order chi connectivity index (χ0) is 30.3. The Bertz CT molecular complexity index is 1440. The Kier molecular flexibility index (Phi) is 10.2. The van der Waals surface area contributed by atoms with Gasteiger partial charge in [-0.2, -0.15) is 0 Å². The van der Waals surface area contributed by atoms with E-state index in [0.717, 1.165) is 45.7 Å². The molecule has 2 amide bonds. The van der Waals surface area contributed by atoms with Crippen LogP contribution in [0.3, 0.4) is 0 Å². The molecule has 0 aliphatic carbocycles. The first-order chi connectivity index (χ1) is 20.8. The molecule has 2 aliphatic rings. The van der Waals surface area contributed by atoms with Crippen LogP contribution in [-0.2, 0) is 16.1 Å². The van der Waals surface area contributed by atoms with E-state index in [2.05, 4.69) is 39.4 Å². The summed E-state index contributed by atoms with van der Waals surface area (Å²) in [4.78, 5) is 35.0. The lowest BCUT2D eigenvalue weighted by molar-refractivity contribution is -0.124. The van der Waals surface area contributed by atoms with Gasteiger partial charge >= 0.3 is 0 Å². The van der Waals surface area contributed by atoms with Gasteiger partial charge < -0.3 is 19.9 Å². The van der Waals surface area contributed by atoms with E-state index < -0.39 is 11.9 Å². The van der Waals surface area contributed by atoms with Crippen LogP contribution in [0, 0.1) is 5.82 Å². The van der Waals surface area contributed by atoms with Gasteiger partial charge in [-0.3, -0.25) is 19.4 Å². The summed E-state index contributed by atoms with van der Waals surface area (Å²) in [5.74, 6) is -0.567. The quantitative estimate of drug-likeness (QED) is 0.301. The largest absolute Gasteiger partial charge is 0.495 e. The molecule has 43 heavy (non-hydrogen) atoms. The second-order valence-electron chi connectivity index (χ2n) is 10.7. The summed E-state index contributed by atoms with van der Waals surface area (Å²) < 4.78 is 18.6. The lowest BCUT2D eigenvalue weighted by atomic mass is 10.1. The molecule has 0 saturated carbocycles. The van der Waals surface area contributed by atoms with Crippen LogP contribution in [-0.4, -0.2) is 84.0 Å². The number of anilines is 2. The summed E-state index contributed by atoms with van der Waals surface area (Å²) >= 11 is 12.2. The average Bonchev–Trinajstić information content (AvgIpc) is 3.23. The first-order valence-electron chi connectivity index (χ1n) is 14.3. The van der Waals surface area contributed by atoms with Gasteiger partial charge in [-0.05, 0) is 73.2 Å². The molecule has 0 radical (unpaired) electrons. The van der Waals surface area contributed by atoms with Crippen molar-refractivity contribution in [1.29, 1.82) is 0 Å². The minimum atomic E-state index is -0.781. The van der Waals surface area contributed by atoms with Crippen LogP contribution in [0.5, 0.6) is 5.75 Å². The Hall–Kier alpha value is -3.57. The van der Waals surface area contributed by atoms with E-state index in [4.69, 9.17) is 28.6 Å². The summed E-state index contributed by atoms with van der Waals surface area (Å²) in [5.41, 5.74) is 2.29. The normalized spacial score (nSPS) is 17.9. The minimum Gasteiger partial charge on any atom is -0.495 e. The summed E-state index contributed by atoms with van der Waals surface area (Å²) in [5, 5.41) is 3.45. The monoisotopic (exact) mass is 623 g/mol. The number of halogens is 2. The standard InChI is InChI=1S/C32H35ClFN5O3S/c1-42-29-13-12-26(20-27(29)33)39-31(41)28(21-30(40)35-25-10-8-24(34)9-11-25)38(32(39)43)15-5-14-36-16-18-37(19-17-36)22-23-6-3-2-4-7-23/h2-4,6-13,20,28H,5,14-19,21-22H2,1H3,(H,35,40). The molecular formula is C32H35ClFN5O3S. The first-order valence-corrected chi connectivity index (χ1v) is 15.1. The van der Waals surface area contributed by atoms with E-state index in [0.29, 0.717) is 33.8 Å². The highest BCUT2D eigenvalue weighted by Gasteiger charge is 2.44. The van der Waals surface area contributed by atoms with Crippen LogP contribution in [0.15, 0.2) is 72.8 Å². The summed E-state index contributed by atoms with van der Waals surface area (Å²) in [7, 11) is 1.52. The second-order valence-corrected chi connectivity index (χ2v) is 11.5. The van der Waals surface area contributed by atoms with Crippen LogP contribution in [0.1, 0.15) is 18.4 Å². The Labute approximate surface area is 261 Å². The molecule has 8 nitrogen and oxygen atoms in total. The highest BCUT2D eigenvalue weighted by Crippen LogP contribution is 2.33. The van der Waals surface area contributed by atoms with Gasteiger partial charge in [0.15, 0.2) is 5.11 Å². The molecule has 1 N–H and O–H groups in total. The summed E-state index contributed by atoms with van der Waals surface area (Å²) in [6.45, 7) is 6.25. The molecule has 11 heteroatoms. The number of hydrogen-bond donors (Lipinski definition) is 1. The van der Waals surface area contributed by atoms with Crippen LogP contribution in [0.4, 0.5) is 15.8 Å². The minimum absolute atomic E-state index is 0.102. The Balaban J connectivity index is 1.23. The zero-order valence-electron chi connectivity index (χ0n) is 24.0. The van der Waals surface area contributed by atoms with Gasteiger partial charge in [-0.25, -0.2) is 4.39 Å². The zero-order valence-corrected chi connectivity index (χ0v) is 25.6. The van der Waals surface area contributed by atoms with E-state index in [1.165, 1.54) is 41.8 Å². The van der Waals surface area contributed by atoms with Gasteiger partial charge in [0.2, 0.25) is 5.91 Å². The number of thiocarbonyl (C=S) groups is 1. The fraction of sp³-hybridized carbons (Fsp3) is 0.344. The molecule has 0 aromatic heterocycles. The fourth-order valence-electron chi connectivity index (χ4n) is 5.52. The number of nitrogens with one attached hydrogen (secondary N) is 1. The van der Waals surface area contributed by atoms with Gasteiger partial charge in [0.25, 0.3) is 5.91 Å². The van der Waals surface area contributed by atoms with Crippen LogP contribution < -0.4 is 15.0 Å². The van der Waals surface area contributed by atoms with E-state index in [1.807, 2.05) is 11.0 Å². The third-order valence-corrected chi connectivity index (χ3v) is 8.52. The number of nitrogens with zero attached hydrogens (tertiary/aromatic N) is 4. The van der Waals surface area contributed by atoms with Crippen molar-refractivity contribution in [2.24, 2.45) is 0 Å². The third kappa shape index (κ3) is 7.69. The number of piperazine rings is 1. The highest BCUT2D eigenvalue weighted by molar-refractivity contribution is 7.80. The second kappa shape index (κ2) is 14.3. The van der Waals surface area contributed by atoms with E-state index in [9.17, 15) is 14.0 Å².